The van der Waals surface area contributed by atoms with E-state index < -0.39 is 0 Å². The number of carbonyl (C=O) groups excluding carboxylic acids is 1. The van der Waals surface area contributed by atoms with Gasteiger partial charge in [0.05, 0.1) is 17.9 Å². The minimum atomic E-state index is -0.117. The van der Waals surface area contributed by atoms with E-state index in [1.807, 2.05) is 48.5 Å². The Balaban J connectivity index is 1.55. The van der Waals surface area contributed by atoms with E-state index in [1.54, 1.807) is 11.9 Å². The number of benzene rings is 2. The van der Waals surface area contributed by atoms with Crippen molar-refractivity contribution in [1.82, 2.24) is 4.90 Å². The molecule has 2 aromatic rings. The van der Waals surface area contributed by atoms with Crippen molar-refractivity contribution in [2.24, 2.45) is 0 Å². The molecule has 27 heavy (non-hydrogen) atoms. The minimum Gasteiger partial charge on any atom is -0.492 e. The number of ether oxygens (including phenoxy) is 1. The molecular weight excluding hydrogens is 338 g/mol. The van der Waals surface area contributed by atoms with Crippen LogP contribution >= 0.6 is 0 Å². The highest BCUT2D eigenvalue weighted by atomic mass is 16.5. The number of likely N-dealkylation sites (N-methyl/N-ethyl adjacent to an activating group) is 1. The normalized spacial score (nSPS) is 14.3. The second-order valence-corrected chi connectivity index (χ2v) is 6.93. The van der Waals surface area contributed by atoms with Gasteiger partial charge in [-0.1, -0.05) is 43.2 Å². The van der Waals surface area contributed by atoms with Gasteiger partial charge in [-0.05, 0) is 37.1 Å². The van der Waals surface area contributed by atoms with Crippen LogP contribution in [0.4, 0.5) is 16.2 Å². The Hall–Kier alpha value is -2.69. The average Bonchev–Trinajstić information content (AvgIpc) is 2.98. The summed E-state index contributed by atoms with van der Waals surface area (Å²) in [5, 5.41) is 3.07. The largest absolute Gasteiger partial charge is 0.492 e. The van der Waals surface area contributed by atoms with E-state index in [-0.39, 0.29) is 6.03 Å². The lowest BCUT2D eigenvalue weighted by Gasteiger charge is -2.26. The molecule has 2 aromatic carbocycles. The van der Waals surface area contributed by atoms with Gasteiger partial charge in [0.25, 0.3) is 0 Å². The van der Waals surface area contributed by atoms with E-state index in [0.29, 0.717) is 13.2 Å². The smallest absolute Gasteiger partial charge is 0.321 e. The van der Waals surface area contributed by atoms with Crippen LogP contribution in [-0.4, -0.2) is 44.2 Å². The molecule has 144 valence electrons. The first kappa shape index (κ1) is 19.1. The van der Waals surface area contributed by atoms with Crippen LogP contribution in [0, 0.1) is 0 Å². The van der Waals surface area contributed by atoms with E-state index in [9.17, 15) is 4.79 Å². The third kappa shape index (κ3) is 5.64. The number of para-hydroxylation sites is 3. The number of amides is 2. The molecule has 3 rings (SSSR count). The maximum Gasteiger partial charge on any atom is 0.321 e. The molecule has 1 aliphatic rings. The molecule has 0 unspecified atom stereocenters. The predicted molar refractivity (Wildman–Crippen MR) is 111 cm³/mol. The van der Waals surface area contributed by atoms with Crippen LogP contribution in [0.1, 0.15) is 25.7 Å². The van der Waals surface area contributed by atoms with Crippen LogP contribution in [0.3, 0.4) is 0 Å². The topological polar surface area (TPSA) is 44.8 Å². The van der Waals surface area contributed by atoms with Gasteiger partial charge in [0, 0.05) is 20.1 Å². The summed E-state index contributed by atoms with van der Waals surface area (Å²) in [5.41, 5.74) is 1.99. The Morgan fingerprint density at radius 2 is 1.67 bits per heavy atom. The molecular formula is C22H29N3O2. The van der Waals surface area contributed by atoms with E-state index in [4.69, 9.17) is 4.74 Å². The lowest BCUT2D eigenvalue weighted by molar-refractivity contribution is 0.207. The number of nitrogens with one attached hydrogen (secondary N) is 1. The van der Waals surface area contributed by atoms with E-state index in [0.717, 1.165) is 30.2 Å². The van der Waals surface area contributed by atoms with Crippen molar-refractivity contribution in [2.45, 2.75) is 25.7 Å². The first-order chi connectivity index (χ1) is 13.2. The van der Waals surface area contributed by atoms with E-state index >= 15 is 0 Å². The van der Waals surface area contributed by atoms with Gasteiger partial charge in [0.1, 0.15) is 12.4 Å². The summed E-state index contributed by atoms with van der Waals surface area (Å²) in [6.07, 6.45) is 4.99. The fraction of sp³-hybridized carbons (Fsp3) is 0.409. The van der Waals surface area contributed by atoms with Gasteiger partial charge in [-0.3, -0.25) is 0 Å². The first-order valence-electron chi connectivity index (χ1n) is 9.78. The number of anilines is 2. The monoisotopic (exact) mass is 367 g/mol. The van der Waals surface area contributed by atoms with Crippen LogP contribution in [-0.2, 0) is 0 Å². The molecule has 1 heterocycles. The van der Waals surface area contributed by atoms with Gasteiger partial charge >= 0.3 is 6.03 Å². The van der Waals surface area contributed by atoms with Gasteiger partial charge in [-0.15, -0.1) is 0 Å². The Labute approximate surface area is 161 Å². The molecule has 0 saturated carbocycles. The molecule has 0 aromatic heterocycles. The van der Waals surface area contributed by atoms with Crippen molar-refractivity contribution in [1.29, 1.82) is 0 Å². The number of nitrogens with zero attached hydrogens (tertiary/aromatic N) is 2. The van der Waals surface area contributed by atoms with Crippen molar-refractivity contribution in [3.63, 3.8) is 0 Å². The second kappa shape index (κ2) is 9.86. The molecule has 0 bridgehead atoms. The zero-order valence-electron chi connectivity index (χ0n) is 16.1. The molecule has 0 atom stereocenters. The quantitative estimate of drug-likeness (QED) is 0.811. The highest BCUT2D eigenvalue weighted by Gasteiger charge is 2.16. The van der Waals surface area contributed by atoms with Crippen molar-refractivity contribution < 1.29 is 9.53 Å². The first-order valence-corrected chi connectivity index (χ1v) is 9.78. The van der Waals surface area contributed by atoms with Crippen LogP contribution < -0.4 is 15.0 Å². The SMILES string of the molecule is CN(CCOc1ccccc1)C(=O)Nc1ccccc1N1CCCCCC1. The van der Waals surface area contributed by atoms with Gasteiger partial charge < -0.3 is 19.9 Å². The van der Waals surface area contributed by atoms with E-state index in [2.05, 4.69) is 16.3 Å². The molecule has 5 nitrogen and oxygen atoms in total. The van der Waals surface area contributed by atoms with Crippen molar-refractivity contribution in [3.8, 4) is 5.75 Å². The Kier molecular flexibility index (Phi) is 6.97. The van der Waals surface area contributed by atoms with Crippen LogP contribution in [0.15, 0.2) is 54.6 Å². The van der Waals surface area contributed by atoms with Gasteiger partial charge in [0.15, 0.2) is 0 Å². The lowest BCUT2D eigenvalue weighted by Crippen LogP contribution is -2.35. The van der Waals surface area contributed by atoms with Crippen LogP contribution in [0.25, 0.3) is 0 Å². The van der Waals surface area contributed by atoms with Crippen LogP contribution in [0.2, 0.25) is 0 Å². The summed E-state index contributed by atoms with van der Waals surface area (Å²) in [6.45, 7) is 3.08. The standard InChI is InChI=1S/C22H29N3O2/c1-24(17-18-27-19-11-5-4-6-12-19)22(26)23-20-13-7-8-14-21(20)25-15-9-2-3-10-16-25/h4-8,11-14H,2-3,9-10,15-18H2,1H3,(H,23,26). The lowest BCUT2D eigenvalue weighted by atomic mass is 10.2. The molecule has 2 amide bonds. The van der Waals surface area contributed by atoms with Gasteiger partial charge in [0.2, 0.25) is 0 Å². The summed E-state index contributed by atoms with van der Waals surface area (Å²) >= 11 is 0. The molecule has 1 fully saturated rings. The third-order valence-electron chi connectivity index (χ3n) is 4.88. The zero-order valence-corrected chi connectivity index (χ0v) is 16.1. The predicted octanol–water partition coefficient (Wildman–Crippen LogP) is 4.61. The third-order valence-corrected chi connectivity index (χ3v) is 4.88. The molecule has 1 saturated heterocycles. The summed E-state index contributed by atoms with van der Waals surface area (Å²) < 4.78 is 5.68. The van der Waals surface area contributed by atoms with Crippen LogP contribution in [0.5, 0.6) is 5.75 Å². The van der Waals surface area contributed by atoms with E-state index in [1.165, 1.54) is 25.7 Å². The number of hydrogen-bond acceptors (Lipinski definition) is 3. The number of hydrogen-bond donors (Lipinski definition) is 1. The fourth-order valence-corrected chi connectivity index (χ4v) is 3.30. The molecule has 0 spiro atoms. The zero-order chi connectivity index (χ0) is 18.9. The Morgan fingerprint density at radius 3 is 2.41 bits per heavy atom. The molecule has 0 aliphatic carbocycles. The second-order valence-electron chi connectivity index (χ2n) is 6.93. The number of urea groups is 1. The maximum atomic E-state index is 12.6. The summed E-state index contributed by atoms with van der Waals surface area (Å²) in [7, 11) is 1.79. The molecule has 1 aliphatic heterocycles. The summed E-state index contributed by atoms with van der Waals surface area (Å²) in [5.74, 6) is 0.817. The molecule has 5 heteroatoms. The summed E-state index contributed by atoms with van der Waals surface area (Å²) in [6, 6.07) is 17.6. The van der Waals surface area contributed by atoms with Crippen molar-refractivity contribution in [2.75, 3.05) is 43.5 Å². The maximum absolute atomic E-state index is 12.6. The van der Waals surface area contributed by atoms with Gasteiger partial charge in [-0.25, -0.2) is 4.79 Å². The highest BCUT2D eigenvalue weighted by molar-refractivity contribution is 5.93. The molecule has 1 N–H and O–H groups in total. The van der Waals surface area contributed by atoms with Crippen molar-refractivity contribution >= 4 is 17.4 Å². The summed E-state index contributed by atoms with van der Waals surface area (Å²) in [4.78, 5) is 16.6. The highest BCUT2D eigenvalue weighted by Crippen LogP contribution is 2.28. The number of rotatable bonds is 6. The van der Waals surface area contributed by atoms with Gasteiger partial charge in [-0.2, -0.15) is 0 Å². The molecule has 0 radical (unpaired) electrons. The van der Waals surface area contributed by atoms with Crippen molar-refractivity contribution in [3.05, 3.63) is 54.6 Å². The average molecular weight is 367 g/mol. The number of carbonyl (C=O) groups is 1. The Bertz CT molecular complexity index is 713. The minimum absolute atomic E-state index is 0.117. The Morgan fingerprint density at radius 1 is 1.00 bits per heavy atom. The fourth-order valence-electron chi connectivity index (χ4n) is 3.30.